The first kappa shape index (κ1) is 12.4. The van der Waals surface area contributed by atoms with Crippen LogP contribution in [0.5, 0.6) is 0 Å². The SMILES string of the molecule is O=C(O)[C@H]1[C@H]2C(=O)N(C3CCCCC3)C[C@]23C=C[C@H]1O3. The quantitative estimate of drug-likeness (QED) is 0.770. The van der Waals surface area contributed by atoms with Crippen molar-refractivity contribution in [1.82, 2.24) is 4.90 Å². The molecule has 1 aliphatic carbocycles. The Labute approximate surface area is 117 Å². The lowest BCUT2D eigenvalue weighted by Gasteiger charge is -2.32. The molecule has 1 amide bonds. The fraction of sp³-hybridized carbons (Fsp3) is 0.733. The number of hydrogen-bond acceptors (Lipinski definition) is 3. The Morgan fingerprint density at radius 3 is 2.80 bits per heavy atom. The number of nitrogens with zero attached hydrogens (tertiary/aromatic N) is 1. The summed E-state index contributed by atoms with van der Waals surface area (Å²) in [6, 6.07) is 0.279. The molecule has 1 spiro atoms. The molecule has 0 aromatic rings. The van der Waals surface area contributed by atoms with Crippen LogP contribution in [0.3, 0.4) is 0 Å². The van der Waals surface area contributed by atoms with Gasteiger partial charge in [0, 0.05) is 6.04 Å². The fourth-order valence-electron chi connectivity index (χ4n) is 4.51. The number of amides is 1. The van der Waals surface area contributed by atoms with Crippen molar-refractivity contribution in [2.45, 2.75) is 49.9 Å². The fourth-order valence-corrected chi connectivity index (χ4v) is 4.51. The van der Waals surface area contributed by atoms with E-state index >= 15 is 0 Å². The summed E-state index contributed by atoms with van der Waals surface area (Å²) in [4.78, 5) is 26.1. The topological polar surface area (TPSA) is 66.8 Å². The van der Waals surface area contributed by atoms with Gasteiger partial charge >= 0.3 is 5.97 Å². The third kappa shape index (κ3) is 1.47. The van der Waals surface area contributed by atoms with Gasteiger partial charge in [-0.05, 0) is 12.8 Å². The zero-order valence-electron chi connectivity index (χ0n) is 11.3. The number of carbonyl (C=O) groups excluding carboxylic acids is 1. The summed E-state index contributed by atoms with van der Waals surface area (Å²) in [5.74, 6) is -2.14. The van der Waals surface area contributed by atoms with Gasteiger partial charge in [-0.25, -0.2) is 0 Å². The summed E-state index contributed by atoms with van der Waals surface area (Å²) < 4.78 is 5.89. The molecule has 1 saturated carbocycles. The van der Waals surface area contributed by atoms with Gasteiger partial charge in [-0.1, -0.05) is 31.4 Å². The lowest BCUT2D eigenvalue weighted by Crippen LogP contribution is -2.42. The van der Waals surface area contributed by atoms with E-state index in [0.29, 0.717) is 6.54 Å². The summed E-state index contributed by atoms with van der Waals surface area (Å²) in [7, 11) is 0. The van der Waals surface area contributed by atoms with Gasteiger partial charge < -0.3 is 14.7 Å². The Balaban J connectivity index is 1.65. The minimum atomic E-state index is -0.912. The maximum atomic E-state index is 12.7. The molecule has 3 heterocycles. The van der Waals surface area contributed by atoms with E-state index in [1.165, 1.54) is 6.42 Å². The van der Waals surface area contributed by atoms with Crippen LogP contribution in [0.1, 0.15) is 32.1 Å². The normalized spacial score (nSPS) is 43.3. The lowest BCUT2D eigenvalue weighted by atomic mass is 9.77. The molecule has 108 valence electrons. The molecule has 4 rings (SSSR count). The molecule has 0 radical (unpaired) electrons. The van der Waals surface area contributed by atoms with E-state index < -0.39 is 29.5 Å². The highest BCUT2D eigenvalue weighted by Gasteiger charge is 2.67. The predicted molar refractivity (Wildman–Crippen MR) is 69.9 cm³/mol. The summed E-state index contributed by atoms with van der Waals surface area (Å²) >= 11 is 0. The number of carboxylic acid groups (broad SMARTS) is 1. The molecular formula is C15H19NO4. The second-order valence-electron chi connectivity index (χ2n) is 6.50. The predicted octanol–water partition coefficient (Wildman–Crippen LogP) is 1.19. The van der Waals surface area contributed by atoms with E-state index in [2.05, 4.69) is 0 Å². The Hall–Kier alpha value is -1.36. The van der Waals surface area contributed by atoms with Crippen molar-refractivity contribution in [2.75, 3.05) is 6.54 Å². The van der Waals surface area contributed by atoms with Crippen LogP contribution in [0.2, 0.25) is 0 Å². The smallest absolute Gasteiger partial charge is 0.310 e. The Morgan fingerprint density at radius 1 is 1.35 bits per heavy atom. The highest BCUT2D eigenvalue weighted by atomic mass is 16.5. The Morgan fingerprint density at radius 2 is 2.10 bits per heavy atom. The largest absolute Gasteiger partial charge is 0.481 e. The second-order valence-corrected chi connectivity index (χ2v) is 6.50. The monoisotopic (exact) mass is 277 g/mol. The number of ether oxygens (including phenoxy) is 1. The van der Waals surface area contributed by atoms with Gasteiger partial charge in [-0.2, -0.15) is 0 Å². The highest BCUT2D eigenvalue weighted by molar-refractivity contribution is 5.91. The number of aliphatic carboxylic acids is 1. The van der Waals surface area contributed by atoms with Crippen LogP contribution in [0.25, 0.3) is 0 Å². The number of likely N-dealkylation sites (tertiary alicyclic amines) is 1. The van der Waals surface area contributed by atoms with Crippen molar-refractivity contribution in [3.8, 4) is 0 Å². The van der Waals surface area contributed by atoms with Crippen molar-refractivity contribution in [3.63, 3.8) is 0 Å². The molecule has 0 aromatic carbocycles. The maximum absolute atomic E-state index is 12.7. The summed E-state index contributed by atoms with van der Waals surface area (Å²) in [6.45, 7) is 0.540. The van der Waals surface area contributed by atoms with Gasteiger partial charge in [0.2, 0.25) is 5.91 Å². The van der Waals surface area contributed by atoms with Crippen LogP contribution in [-0.4, -0.2) is 46.2 Å². The molecule has 3 fully saturated rings. The first-order valence-corrected chi connectivity index (χ1v) is 7.53. The van der Waals surface area contributed by atoms with E-state index in [9.17, 15) is 14.7 Å². The number of rotatable bonds is 2. The van der Waals surface area contributed by atoms with Crippen LogP contribution < -0.4 is 0 Å². The molecule has 5 heteroatoms. The summed E-state index contributed by atoms with van der Waals surface area (Å²) in [5, 5.41) is 9.41. The first-order valence-electron chi connectivity index (χ1n) is 7.53. The number of fused-ring (bicyclic) bond motifs is 1. The van der Waals surface area contributed by atoms with E-state index in [1.807, 2.05) is 17.1 Å². The average molecular weight is 277 g/mol. The number of carboxylic acids is 1. The van der Waals surface area contributed by atoms with E-state index in [1.54, 1.807) is 0 Å². The maximum Gasteiger partial charge on any atom is 0.310 e. The summed E-state index contributed by atoms with van der Waals surface area (Å²) in [5.41, 5.74) is -0.664. The molecule has 20 heavy (non-hydrogen) atoms. The van der Waals surface area contributed by atoms with E-state index in [4.69, 9.17) is 4.74 Å². The Kier molecular flexibility index (Phi) is 2.52. The molecule has 2 saturated heterocycles. The van der Waals surface area contributed by atoms with Crippen LogP contribution in [0, 0.1) is 11.8 Å². The first-order chi connectivity index (χ1) is 9.62. The molecule has 0 unspecified atom stereocenters. The second kappa shape index (κ2) is 4.07. The minimum absolute atomic E-state index is 0.00356. The third-order valence-corrected chi connectivity index (χ3v) is 5.43. The molecule has 0 aromatic heterocycles. The summed E-state index contributed by atoms with van der Waals surface area (Å²) in [6.07, 6.45) is 8.98. The van der Waals surface area contributed by atoms with Gasteiger partial charge in [0.1, 0.15) is 11.5 Å². The zero-order chi connectivity index (χ0) is 13.9. The van der Waals surface area contributed by atoms with Crippen LogP contribution in [0.15, 0.2) is 12.2 Å². The van der Waals surface area contributed by atoms with Crippen molar-refractivity contribution in [1.29, 1.82) is 0 Å². The number of hydrogen-bond donors (Lipinski definition) is 1. The van der Waals surface area contributed by atoms with Gasteiger partial charge in [0.25, 0.3) is 0 Å². The third-order valence-electron chi connectivity index (χ3n) is 5.43. The Bertz CT molecular complexity index is 496. The molecule has 2 bridgehead atoms. The van der Waals surface area contributed by atoms with E-state index in [0.717, 1.165) is 25.7 Å². The molecular weight excluding hydrogens is 258 g/mol. The molecule has 4 aliphatic rings. The minimum Gasteiger partial charge on any atom is -0.481 e. The van der Waals surface area contributed by atoms with Crippen LogP contribution in [-0.2, 0) is 14.3 Å². The van der Waals surface area contributed by atoms with Gasteiger partial charge in [0.05, 0.1) is 18.6 Å². The van der Waals surface area contributed by atoms with Crippen LogP contribution in [0.4, 0.5) is 0 Å². The van der Waals surface area contributed by atoms with Crippen molar-refractivity contribution >= 4 is 11.9 Å². The van der Waals surface area contributed by atoms with Crippen molar-refractivity contribution in [2.24, 2.45) is 11.8 Å². The molecule has 4 atom stereocenters. The van der Waals surface area contributed by atoms with Gasteiger partial charge in [-0.15, -0.1) is 0 Å². The van der Waals surface area contributed by atoms with Gasteiger partial charge in [-0.3, -0.25) is 9.59 Å². The zero-order valence-corrected chi connectivity index (χ0v) is 11.3. The highest BCUT2D eigenvalue weighted by Crippen LogP contribution is 2.52. The standard InChI is InChI=1S/C15H19NO4/c17-13-12-11(14(18)19)10-6-7-15(12,20-10)8-16(13)9-4-2-1-3-5-9/h6-7,9-12H,1-5,8H2,(H,18,19)/t10-,11-,12+,15-/m1/s1. The average Bonchev–Trinajstić information content (AvgIpc) is 3.08. The lowest BCUT2D eigenvalue weighted by molar-refractivity contribution is -0.148. The van der Waals surface area contributed by atoms with Crippen LogP contribution >= 0.6 is 0 Å². The van der Waals surface area contributed by atoms with Crippen molar-refractivity contribution in [3.05, 3.63) is 12.2 Å². The molecule has 1 N–H and O–H groups in total. The van der Waals surface area contributed by atoms with Gasteiger partial charge in [0.15, 0.2) is 0 Å². The van der Waals surface area contributed by atoms with Crippen molar-refractivity contribution < 1.29 is 19.4 Å². The molecule has 5 nitrogen and oxygen atoms in total. The number of carbonyl (C=O) groups is 2. The molecule has 3 aliphatic heterocycles. The van der Waals surface area contributed by atoms with E-state index in [-0.39, 0.29) is 11.9 Å².